The number of hydrogen-bond donors (Lipinski definition) is 1. The summed E-state index contributed by atoms with van der Waals surface area (Å²) in [6.45, 7) is 5.05. The van der Waals surface area contributed by atoms with Crippen LogP contribution in [0.1, 0.15) is 49.4 Å². The van der Waals surface area contributed by atoms with Crippen LogP contribution in [-0.4, -0.2) is 17.6 Å². The highest BCUT2D eigenvalue weighted by Gasteiger charge is 2.53. The summed E-state index contributed by atoms with van der Waals surface area (Å²) in [5.74, 6) is -0.599. The second kappa shape index (κ2) is 11.4. The molecule has 0 fully saturated rings. The van der Waals surface area contributed by atoms with Gasteiger partial charge in [-0.05, 0) is 55.7 Å². The molecule has 214 valence electrons. The molecule has 0 bridgehead atoms. The molecule has 0 aliphatic carbocycles. The number of ether oxygens (including phenoxy) is 1. The summed E-state index contributed by atoms with van der Waals surface area (Å²) in [5.41, 5.74) is -2.98. The molecule has 0 unspecified atom stereocenters. The maximum atomic E-state index is 14.5. The molecule has 0 spiro atoms. The molecule has 0 saturated carbocycles. The van der Waals surface area contributed by atoms with E-state index in [1.165, 1.54) is 11.0 Å². The quantitative estimate of drug-likeness (QED) is 0.325. The van der Waals surface area contributed by atoms with Gasteiger partial charge < -0.3 is 15.0 Å². The van der Waals surface area contributed by atoms with Crippen molar-refractivity contribution >= 4 is 23.3 Å². The molecule has 2 amide bonds. The molecule has 7 nitrogen and oxygen atoms in total. The number of halogens is 3. The van der Waals surface area contributed by atoms with Crippen LogP contribution < -0.4 is 10.2 Å². The topological polar surface area (TPSA) is 106 Å². The van der Waals surface area contributed by atoms with Crippen molar-refractivity contribution in [3.8, 4) is 12.1 Å². The van der Waals surface area contributed by atoms with Crippen molar-refractivity contribution in [2.24, 2.45) is 0 Å². The Morgan fingerprint density at radius 1 is 0.952 bits per heavy atom. The van der Waals surface area contributed by atoms with Gasteiger partial charge in [0.05, 0.1) is 17.8 Å². The van der Waals surface area contributed by atoms with Crippen LogP contribution in [0.5, 0.6) is 0 Å². The fourth-order valence-electron chi connectivity index (χ4n) is 4.90. The number of allylic oxidation sites excluding steroid dienone is 1. The average Bonchev–Trinajstić information content (AvgIpc) is 3.15. The number of alkyl carbamates (subject to hydrolysis) is 1. The molecular weight excluding hydrogens is 545 g/mol. The van der Waals surface area contributed by atoms with E-state index in [1.807, 2.05) is 30.3 Å². The van der Waals surface area contributed by atoms with E-state index >= 15 is 0 Å². The maximum Gasteiger partial charge on any atom is 0.416 e. The molecule has 10 heteroatoms. The summed E-state index contributed by atoms with van der Waals surface area (Å²) in [5, 5.41) is 22.3. The average molecular weight is 573 g/mol. The molecule has 4 rings (SSSR count). The zero-order chi connectivity index (χ0) is 30.7. The minimum absolute atomic E-state index is 0.0833. The first kappa shape index (κ1) is 29.9. The molecule has 1 aliphatic heterocycles. The van der Waals surface area contributed by atoms with E-state index in [-0.39, 0.29) is 17.7 Å². The summed E-state index contributed by atoms with van der Waals surface area (Å²) in [6.07, 6.45) is -6.15. The Morgan fingerprint density at radius 2 is 1.60 bits per heavy atom. The first-order valence-corrected chi connectivity index (χ1v) is 13.0. The van der Waals surface area contributed by atoms with Gasteiger partial charge in [0.2, 0.25) is 0 Å². The van der Waals surface area contributed by atoms with Crippen molar-refractivity contribution in [2.75, 3.05) is 4.90 Å². The third-order valence-electron chi connectivity index (χ3n) is 6.67. The summed E-state index contributed by atoms with van der Waals surface area (Å²) in [6, 6.07) is 23.5. The predicted molar refractivity (Wildman–Crippen MR) is 149 cm³/mol. The Morgan fingerprint density at radius 3 is 2.21 bits per heavy atom. The van der Waals surface area contributed by atoms with Crippen molar-refractivity contribution in [3.63, 3.8) is 0 Å². The van der Waals surface area contributed by atoms with Crippen LogP contribution >= 0.6 is 0 Å². The number of alkyl halides is 3. The first-order chi connectivity index (χ1) is 19.8. The third kappa shape index (κ3) is 6.13. The molecular formula is C32H27F3N4O3. The number of fused-ring (bicyclic) bond motifs is 1. The van der Waals surface area contributed by atoms with Gasteiger partial charge >= 0.3 is 12.3 Å². The van der Waals surface area contributed by atoms with E-state index in [0.717, 1.165) is 23.8 Å². The normalized spacial score (nSPS) is 16.2. The smallest absolute Gasteiger partial charge is 0.416 e. The summed E-state index contributed by atoms with van der Waals surface area (Å²) < 4.78 is 46.4. The number of rotatable bonds is 6. The van der Waals surface area contributed by atoms with Crippen molar-refractivity contribution in [1.82, 2.24) is 5.32 Å². The number of amides is 2. The van der Waals surface area contributed by atoms with Crippen LogP contribution in [0.4, 0.5) is 23.7 Å². The molecule has 3 aromatic rings. The second-order valence-corrected chi connectivity index (χ2v) is 10.8. The molecule has 0 saturated heterocycles. The number of hydrogen-bond acceptors (Lipinski definition) is 5. The molecule has 3 aromatic carbocycles. The zero-order valence-corrected chi connectivity index (χ0v) is 23.1. The van der Waals surface area contributed by atoms with E-state index < -0.39 is 46.9 Å². The van der Waals surface area contributed by atoms with Crippen molar-refractivity contribution in [1.29, 1.82) is 10.5 Å². The molecule has 1 aliphatic rings. The number of nitrogens with zero attached hydrogens (tertiary/aromatic N) is 3. The van der Waals surface area contributed by atoms with Gasteiger partial charge in [0.1, 0.15) is 23.3 Å². The molecule has 1 N–H and O–H groups in total. The molecule has 1 heterocycles. The van der Waals surface area contributed by atoms with Crippen LogP contribution in [0.15, 0.2) is 84.4 Å². The highest BCUT2D eigenvalue weighted by Crippen LogP contribution is 2.47. The highest BCUT2D eigenvalue weighted by molar-refractivity contribution is 6.10. The lowest BCUT2D eigenvalue weighted by Crippen LogP contribution is -2.54. The van der Waals surface area contributed by atoms with Gasteiger partial charge in [0, 0.05) is 12.0 Å². The summed E-state index contributed by atoms with van der Waals surface area (Å²) >= 11 is 0. The number of para-hydroxylation sites is 1. The van der Waals surface area contributed by atoms with Crippen LogP contribution in [0.3, 0.4) is 0 Å². The van der Waals surface area contributed by atoms with Gasteiger partial charge in [0.25, 0.3) is 5.91 Å². The van der Waals surface area contributed by atoms with Crippen LogP contribution in [0.2, 0.25) is 0 Å². The molecule has 42 heavy (non-hydrogen) atoms. The Hall–Kier alpha value is -5.09. The van der Waals surface area contributed by atoms with Gasteiger partial charge in [-0.3, -0.25) is 4.79 Å². The van der Waals surface area contributed by atoms with Crippen molar-refractivity contribution in [3.05, 3.63) is 107 Å². The van der Waals surface area contributed by atoms with Crippen LogP contribution in [0.25, 0.3) is 5.57 Å². The number of nitrogens with one attached hydrogen (secondary N) is 1. The molecule has 0 radical (unpaired) electrons. The van der Waals surface area contributed by atoms with Gasteiger partial charge in [-0.25, -0.2) is 4.79 Å². The van der Waals surface area contributed by atoms with Crippen LogP contribution in [0, 0.1) is 22.7 Å². The Bertz CT molecular complexity index is 1610. The van der Waals surface area contributed by atoms with E-state index in [4.69, 9.17) is 4.74 Å². The first-order valence-electron chi connectivity index (χ1n) is 13.0. The number of benzene rings is 3. The minimum atomic E-state index is -4.70. The largest absolute Gasteiger partial charge is 0.444 e. The van der Waals surface area contributed by atoms with Gasteiger partial charge in [0.15, 0.2) is 5.54 Å². The van der Waals surface area contributed by atoms with Crippen molar-refractivity contribution < 1.29 is 27.5 Å². The Balaban J connectivity index is 1.93. The fourth-order valence-corrected chi connectivity index (χ4v) is 4.90. The number of carbonyl (C=O) groups is 2. The maximum absolute atomic E-state index is 14.5. The second-order valence-electron chi connectivity index (χ2n) is 10.8. The number of carbonyl (C=O) groups excluding carboxylic acids is 2. The highest BCUT2D eigenvalue weighted by atomic mass is 19.4. The lowest BCUT2D eigenvalue weighted by atomic mass is 9.81. The predicted octanol–water partition coefficient (Wildman–Crippen LogP) is 6.86. The zero-order valence-electron chi connectivity index (χ0n) is 23.1. The van der Waals surface area contributed by atoms with E-state index in [1.54, 1.807) is 57.2 Å². The summed E-state index contributed by atoms with van der Waals surface area (Å²) in [4.78, 5) is 29.2. The fraction of sp³-hybridized carbons (Fsp3) is 0.250. The SMILES string of the molecule is CC(C)(C)OC(=O)N[C@@]1(CC(=C(C#N)C#N)c2cccc(C(F)(F)F)c2)C(=O)N(Cc2ccccc2)c2ccccc21. The van der Waals surface area contributed by atoms with Crippen LogP contribution in [-0.2, 0) is 27.8 Å². The number of anilines is 1. The minimum Gasteiger partial charge on any atom is -0.444 e. The van der Waals surface area contributed by atoms with Crippen molar-refractivity contribution in [2.45, 2.75) is 51.1 Å². The van der Waals surface area contributed by atoms with Gasteiger partial charge in [-0.1, -0.05) is 60.7 Å². The lowest BCUT2D eigenvalue weighted by molar-refractivity contribution is -0.137. The van der Waals surface area contributed by atoms with Gasteiger partial charge in [-0.2, -0.15) is 23.7 Å². The van der Waals surface area contributed by atoms with Gasteiger partial charge in [-0.15, -0.1) is 0 Å². The Kier molecular flexibility index (Phi) is 8.12. The lowest BCUT2D eigenvalue weighted by Gasteiger charge is -2.32. The number of nitriles is 2. The van der Waals surface area contributed by atoms with E-state index in [2.05, 4.69) is 5.32 Å². The molecule has 1 atom stereocenters. The Labute approximate surface area is 241 Å². The standard InChI is InChI=1S/C32H27F3N4O3/c1-30(2,3)42-29(41)38-31(17-25(23(18-36)19-37)22-12-9-13-24(16-22)32(33,34)35)26-14-7-8-15-27(26)39(28(31)40)20-21-10-5-4-6-11-21/h4-16H,17,20H2,1-3H3,(H,38,41)/t31-/m1/s1. The summed E-state index contributed by atoms with van der Waals surface area (Å²) in [7, 11) is 0. The third-order valence-corrected chi connectivity index (χ3v) is 6.67. The van der Waals surface area contributed by atoms with E-state index in [0.29, 0.717) is 11.3 Å². The monoisotopic (exact) mass is 572 g/mol. The van der Waals surface area contributed by atoms with E-state index in [9.17, 15) is 33.3 Å². The molecule has 0 aromatic heterocycles.